The van der Waals surface area contributed by atoms with Crippen molar-refractivity contribution in [2.75, 3.05) is 6.61 Å². The Morgan fingerprint density at radius 2 is 1.75 bits per heavy atom. The Morgan fingerprint density at radius 1 is 1.17 bits per heavy atom. The highest BCUT2D eigenvalue weighted by molar-refractivity contribution is 4.87. The van der Waals surface area contributed by atoms with E-state index in [0.29, 0.717) is 0 Å². The van der Waals surface area contributed by atoms with Crippen LogP contribution in [-0.2, 0) is 4.74 Å². The zero-order valence-corrected chi connectivity index (χ0v) is 7.34. The highest BCUT2D eigenvalue weighted by atomic mass is 16.5. The molecule has 0 aromatic carbocycles. The van der Waals surface area contributed by atoms with Gasteiger partial charge in [-0.2, -0.15) is 0 Å². The van der Waals surface area contributed by atoms with Crippen molar-refractivity contribution in [2.24, 2.45) is 5.92 Å². The highest BCUT2D eigenvalue weighted by Crippen LogP contribution is 2.25. The summed E-state index contributed by atoms with van der Waals surface area (Å²) < 4.78 is 5.18. The van der Waals surface area contributed by atoms with Crippen LogP contribution >= 0.6 is 0 Å². The largest absolute Gasteiger partial charge is 0.394 e. The summed E-state index contributed by atoms with van der Waals surface area (Å²) in [5.41, 5.74) is 0. The Kier molecular flexibility index (Phi) is 3.06. The standard InChI is InChI=1S/C8H16O4/c1-4-7(10)5(2)12-6(3-9)8(4)11/h4-11H,3H2,1-2H3/t4-,5-,6?,7?,8+/m0/s1. The van der Waals surface area contributed by atoms with E-state index in [-0.39, 0.29) is 18.6 Å². The van der Waals surface area contributed by atoms with E-state index < -0.39 is 18.3 Å². The maximum absolute atomic E-state index is 9.48. The highest BCUT2D eigenvalue weighted by Gasteiger charge is 2.39. The molecule has 0 aliphatic carbocycles. The second-order valence-corrected chi connectivity index (χ2v) is 3.40. The lowest BCUT2D eigenvalue weighted by atomic mass is 9.88. The van der Waals surface area contributed by atoms with E-state index in [1.807, 2.05) is 0 Å². The first-order chi connectivity index (χ1) is 5.57. The normalized spacial score (nSPS) is 49.2. The third kappa shape index (κ3) is 1.61. The number of aliphatic hydroxyl groups is 3. The first-order valence-corrected chi connectivity index (χ1v) is 4.20. The third-order valence-corrected chi connectivity index (χ3v) is 2.51. The van der Waals surface area contributed by atoms with Crippen LogP contribution in [0.5, 0.6) is 0 Å². The minimum Gasteiger partial charge on any atom is -0.394 e. The fraction of sp³-hybridized carbons (Fsp3) is 1.00. The fourth-order valence-corrected chi connectivity index (χ4v) is 1.56. The lowest BCUT2D eigenvalue weighted by Gasteiger charge is -2.39. The van der Waals surface area contributed by atoms with Gasteiger partial charge in [-0.1, -0.05) is 6.92 Å². The molecule has 0 bridgehead atoms. The van der Waals surface area contributed by atoms with Crippen molar-refractivity contribution in [3.8, 4) is 0 Å². The molecule has 0 amide bonds. The summed E-state index contributed by atoms with van der Waals surface area (Å²) in [5, 5.41) is 27.8. The van der Waals surface area contributed by atoms with Gasteiger partial charge in [0.2, 0.25) is 0 Å². The zero-order valence-electron chi connectivity index (χ0n) is 7.34. The molecule has 72 valence electrons. The minimum absolute atomic E-state index is 0.206. The summed E-state index contributed by atoms with van der Waals surface area (Å²) in [4.78, 5) is 0. The third-order valence-electron chi connectivity index (χ3n) is 2.51. The van der Waals surface area contributed by atoms with Crippen LogP contribution in [0.2, 0.25) is 0 Å². The van der Waals surface area contributed by atoms with E-state index >= 15 is 0 Å². The average molecular weight is 176 g/mol. The van der Waals surface area contributed by atoms with Crippen LogP contribution in [0, 0.1) is 5.92 Å². The Morgan fingerprint density at radius 3 is 2.25 bits per heavy atom. The lowest BCUT2D eigenvalue weighted by molar-refractivity contribution is -0.199. The molecular formula is C8H16O4. The van der Waals surface area contributed by atoms with Gasteiger partial charge in [0.05, 0.1) is 24.9 Å². The molecule has 0 radical (unpaired) electrons. The molecule has 1 fully saturated rings. The number of rotatable bonds is 1. The molecule has 1 aliphatic heterocycles. The smallest absolute Gasteiger partial charge is 0.107 e. The molecule has 1 heterocycles. The number of ether oxygens (including phenoxy) is 1. The molecule has 0 aromatic rings. The van der Waals surface area contributed by atoms with Crippen molar-refractivity contribution >= 4 is 0 Å². The molecule has 1 rings (SSSR count). The Labute approximate surface area is 71.8 Å². The van der Waals surface area contributed by atoms with Crippen molar-refractivity contribution in [2.45, 2.75) is 38.3 Å². The average Bonchev–Trinajstić information content (AvgIpc) is 2.08. The first kappa shape index (κ1) is 9.92. The van der Waals surface area contributed by atoms with E-state index in [1.165, 1.54) is 0 Å². The quantitative estimate of drug-likeness (QED) is 0.485. The van der Waals surface area contributed by atoms with Gasteiger partial charge in [0.15, 0.2) is 0 Å². The Balaban J connectivity index is 2.63. The maximum Gasteiger partial charge on any atom is 0.107 e. The van der Waals surface area contributed by atoms with Crippen LogP contribution in [-0.4, -0.2) is 46.3 Å². The molecule has 5 atom stereocenters. The summed E-state index contributed by atoms with van der Waals surface area (Å²) in [7, 11) is 0. The van der Waals surface area contributed by atoms with Gasteiger partial charge in [-0.25, -0.2) is 0 Å². The molecular weight excluding hydrogens is 160 g/mol. The molecule has 0 saturated carbocycles. The van der Waals surface area contributed by atoms with E-state index in [9.17, 15) is 10.2 Å². The van der Waals surface area contributed by atoms with Crippen LogP contribution in [0.15, 0.2) is 0 Å². The van der Waals surface area contributed by atoms with Gasteiger partial charge in [-0.05, 0) is 6.92 Å². The van der Waals surface area contributed by atoms with Gasteiger partial charge in [0, 0.05) is 5.92 Å². The molecule has 1 saturated heterocycles. The second kappa shape index (κ2) is 3.70. The van der Waals surface area contributed by atoms with Crippen LogP contribution < -0.4 is 0 Å². The summed E-state index contributed by atoms with van der Waals surface area (Å²) >= 11 is 0. The summed E-state index contributed by atoms with van der Waals surface area (Å²) in [6.45, 7) is 3.27. The van der Waals surface area contributed by atoms with Gasteiger partial charge in [0.1, 0.15) is 6.10 Å². The Hall–Kier alpha value is -0.160. The predicted molar refractivity (Wildman–Crippen MR) is 42.6 cm³/mol. The van der Waals surface area contributed by atoms with Crippen LogP contribution in [0.4, 0.5) is 0 Å². The topological polar surface area (TPSA) is 69.9 Å². The number of hydrogen-bond donors (Lipinski definition) is 3. The lowest BCUT2D eigenvalue weighted by Crippen LogP contribution is -2.53. The van der Waals surface area contributed by atoms with Crippen LogP contribution in [0.3, 0.4) is 0 Å². The van der Waals surface area contributed by atoms with E-state index in [1.54, 1.807) is 13.8 Å². The van der Waals surface area contributed by atoms with E-state index in [0.717, 1.165) is 0 Å². The van der Waals surface area contributed by atoms with Crippen molar-refractivity contribution in [3.63, 3.8) is 0 Å². The van der Waals surface area contributed by atoms with Gasteiger partial charge in [-0.3, -0.25) is 0 Å². The zero-order chi connectivity index (χ0) is 9.30. The molecule has 12 heavy (non-hydrogen) atoms. The van der Waals surface area contributed by atoms with Crippen molar-refractivity contribution in [1.82, 2.24) is 0 Å². The second-order valence-electron chi connectivity index (χ2n) is 3.40. The van der Waals surface area contributed by atoms with E-state index in [4.69, 9.17) is 9.84 Å². The van der Waals surface area contributed by atoms with Gasteiger partial charge < -0.3 is 20.1 Å². The molecule has 1 aliphatic rings. The van der Waals surface area contributed by atoms with Crippen LogP contribution in [0.1, 0.15) is 13.8 Å². The van der Waals surface area contributed by atoms with Crippen LogP contribution in [0.25, 0.3) is 0 Å². The molecule has 2 unspecified atom stereocenters. The molecule has 4 nitrogen and oxygen atoms in total. The van der Waals surface area contributed by atoms with E-state index in [2.05, 4.69) is 0 Å². The molecule has 0 aromatic heterocycles. The fourth-order valence-electron chi connectivity index (χ4n) is 1.56. The monoisotopic (exact) mass is 176 g/mol. The minimum atomic E-state index is -0.777. The van der Waals surface area contributed by atoms with Gasteiger partial charge >= 0.3 is 0 Å². The Bertz CT molecular complexity index is 145. The number of aliphatic hydroxyl groups excluding tert-OH is 3. The van der Waals surface area contributed by atoms with Crippen molar-refractivity contribution in [3.05, 3.63) is 0 Å². The summed E-state index contributed by atoms with van der Waals surface area (Å²) in [5.74, 6) is -0.245. The SMILES string of the molecule is C[C@@H]1OC(CO)[C@H](O)[C@@H](C)C1O. The molecule has 0 spiro atoms. The summed E-state index contributed by atoms with van der Waals surface area (Å²) in [6.07, 6.45) is -2.30. The molecule has 4 heteroatoms. The van der Waals surface area contributed by atoms with Gasteiger partial charge in [0.25, 0.3) is 0 Å². The summed E-state index contributed by atoms with van der Waals surface area (Å²) in [6, 6.07) is 0. The molecule has 3 N–H and O–H groups in total. The maximum atomic E-state index is 9.48. The van der Waals surface area contributed by atoms with Crippen molar-refractivity contribution < 1.29 is 20.1 Å². The van der Waals surface area contributed by atoms with Gasteiger partial charge in [-0.15, -0.1) is 0 Å². The van der Waals surface area contributed by atoms with Crippen molar-refractivity contribution in [1.29, 1.82) is 0 Å². The predicted octanol–water partition coefficient (Wildman–Crippen LogP) is -0.876. The number of hydrogen-bond acceptors (Lipinski definition) is 4. The first-order valence-electron chi connectivity index (χ1n) is 4.20.